The quantitative estimate of drug-likeness (QED) is 0.658. The molecular formula is C14H16N4. The number of nitrogens with two attached hydrogens (primary N) is 1. The maximum atomic E-state index is 6.25. The first-order valence-electron chi connectivity index (χ1n) is 6.06. The molecule has 2 heterocycles. The molecule has 1 aromatic carbocycles. The Morgan fingerprint density at radius 3 is 2.94 bits per heavy atom. The van der Waals surface area contributed by atoms with Crippen molar-refractivity contribution in [1.29, 1.82) is 0 Å². The van der Waals surface area contributed by atoms with Crippen LogP contribution < -0.4 is 5.73 Å². The number of aryl methyl sites for hydroxylation is 1. The van der Waals surface area contributed by atoms with Crippen molar-refractivity contribution in [2.24, 2.45) is 5.73 Å². The molecule has 3 aromatic rings. The molecule has 0 amide bonds. The number of H-pyrrole nitrogens is 2. The fourth-order valence-corrected chi connectivity index (χ4v) is 2.38. The van der Waals surface area contributed by atoms with Gasteiger partial charge in [-0.3, -0.25) is 5.10 Å². The SMILES string of the molecule is Cc1[nH]ncc1C(N)Cc1c[nH]c2ccccc12. The van der Waals surface area contributed by atoms with E-state index in [0.29, 0.717) is 0 Å². The molecule has 4 heteroatoms. The highest BCUT2D eigenvalue weighted by Crippen LogP contribution is 2.23. The highest BCUT2D eigenvalue weighted by atomic mass is 15.1. The summed E-state index contributed by atoms with van der Waals surface area (Å²) in [6, 6.07) is 8.25. The normalized spacial score (nSPS) is 13.0. The first-order chi connectivity index (χ1) is 8.75. The second-order valence-corrected chi connectivity index (χ2v) is 4.62. The highest BCUT2D eigenvalue weighted by molar-refractivity contribution is 5.83. The van der Waals surface area contributed by atoms with Gasteiger partial charge in [0.05, 0.1) is 6.20 Å². The van der Waals surface area contributed by atoms with E-state index in [0.717, 1.165) is 23.2 Å². The van der Waals surface area contributed by atoms with Crippen molar-refractivity contribution in [3.8, 4) is 0 Å². The number of hydrogen-bond acceptors (Lipinski definition) is 2. The predicted molar refractivity (Wildman–Crippen MR) is 72.3 cm³/mol. The van der Waals surface area contributed by atoms with Gasteiger partial charge in [0.15, 0.2) is 0 Å². The fourth-order valence-electron chi connectivity index (χ4n) is 2.38. The fraction of sp³-hybridized carbons (Fsp3) is 0.214. The molecule has 0 spiro atoms. The monoisotopic (exact) mass is 240 g/mol. The summed E-state index contributed by atoms with van der Waals surface area (Å²) in [6.07, 6.45) is 4.67. The maximum Gasteiger partial charge on any atom is 0.0537 e. The summed E-state index contributed by atoms with van der Waals surface area (Å²) in [7, 11) is 0. The lowest BCUT2D eigenvalue weighted by Gasteiger charge is -2.10. The molecule has 2 aromatic heterocycles. The number of benzene rings is 1. The smallest absolute Gasteiger partial charge is 0.0537 e. The first-order valence-corrected chi connectivity index (χ1v) is 6.06. The summed E-state index contributed by atoms with van der Waals surface area (Å²) in [6.45, 7) is 2.00. The van der Waals surface area contributed by atoms with Crippen LogP contribution in [0.4, 0.5) is 0 Å². The molecule has 4 nitrogen and oxygen atoms in total. The third-order valence-corrected chi connectivity index (χ3v) is 3.38. The molecule has 0 aliphatic rings. The molecule has 0 saturated heterocycles. The lowest BCUT2D eigenvalue weighted by atomic mass is 10.00. The zero-order valence-corrected chi connectivity index (χ0v) is 10.3. The van der Waals surface area contributed by atoms with Gasteiger partial charge in [0.1, 0.15) is 0 Å². The Balaban J connectivity index is 1.91. The van der Waals surface area contributed by atoms with Gasteiger partial charge in [-0.2, -0.15) is 5.10 Å². The van der Waals surface area contributed by atoms with Crippen molar-refractivity contribution < 1.29 is 0 Å². The topological polar surface area (TPSA) is 70.5 Å². The van der Waals surface area contributed by atoms with Gasteiger partial charge in [-0.05, 0) is 25.0 Å². The largest absolute Gasteiger partial charge is 0.361 e. The van der Waals surface area contributed by atoms with Crippen LogP contribution in [0.2, 0.25) is 0 Å². The van der Waals surface area contributed by atoms with Gasteiger partial charge in [0, 0.05) is 34.4 Å². The number of fused-ring (bicyclic) bond motifs is 1. The number of hydrogen-bond donors (Lipinski definition) is 3. The summed E-state index contributed by atoms with van der Waals surface area (Å²) in [4.78, 5) is 3.27. The van der Waals surface area contributed by atoms with E-state index in [1.165, 1.54) is 10.9 Å². The van der Waals surface area contributed by atoms with Gasteiger partial charge >= 0.3 is 0 Å². The Bertz CT molecular complexity index is 665. The molecule has 0 bridgehead atoms. The van der Waals surface area contributed by atoms with E-state index < -0.39 is 0 Å². The minimum atomic E-state index is -0.0250. The van der Waals surface area contributed by atoms with Crippen LogP contribution in [0.5, 0.6) is 0 Å². The molecular weight excluding hydrogens is 224 g/mol. The van der Waals surface area contributed by atoms with Gasteiger partial charge in [0.2, 0.25) is 0 Å². The number of para-hydroxylation sites is 1. The molecule has 0 radical (unpaired) electrons. The third-order valence-electron chi connectivity index (χ3n) is 3.38. The molecule has 3 rings (SSSR count). The summed E-state index contributed by atoms with van der Waals surface area (Å²) >= 11 is 0. The lowest BCUT2D eigenvalue weighted by Crippen LogP contribution is -2.13. The van der Waals surface area contributed by atoms with Crippen molar-refractivity contribution >= 4 is 10.9 Å². The van der Waals surface area contributed by atoms with Crippen LogP contribution in [-0.2, 0) is 6.42 Å². The minimum absolute atomic E-state index is 0.0250. The average molecular weight is 240 g/mol. The first kappa shape index (κ1) is 11.0. The van der Waals surface area contributed by atoms with Crippen molar-refractivity contribution in [3.63, 3.8) is 0 Å². The molecule has 1 atom stereocenters. The van der Waals surface area contributed by atoms with E-state index in [1.807, 2.05) is 31.5 Å². The van der Waals surface area contributed by atoms with Crippen LogP contribution in [0.25, 0.3) is 10.9 Å². The molecule has 1 unspecified atom stereocenters. The summed E-state index contributed by atoms with van der Waals surface area (Å²) in [5.41, 5.74) is 10.8. The second-order valence-electron chi connectivity index (χ2n) is 4.62. The van der Waals surface area contributed by atoms with Crippen molar-refractivity contribution in [1.82, 2.24) is 15.2 Å². The number of nitrogens with one attached hydrogen (secondary N) is 2. The van der Waals surface area contributed by atoms with E-state index in [9.17, 15) is 0 Å². The Labute approximate surface area is 105 Å². The van der Waals surface area contributed by atoms with Gasteiger partial charge in [0.25, 0.3) is 0 Å². The summed E-state index contributed by atoms with van der Waals surface area (Å²) in [5.74, 6) is 0. The Morgan fingerprint density at radius 1 is 1.33 bits per heavy atom. The highest BCUT2D eigenvalue weighted by Gasteiger charge is 2.13. The van der Waals surface area contributed by atoms with Gasteiger partial charge in [-0.1, -0.05) is 18.2 Å². The summed E-state index contributed by atoms with van der Waals surface area (Å²) < 4.78 is 0. The number of aromatic amines is 2. The standard InChI is InChI=1S/C14H16N4/c1-9-12(8-17-18-9)13(15)6-10-7-16-14-5-3-2-4-11(10)14/h2-5,7-8,13,16H,6,15H2,1H3,(H,17,18). The molecule has 18 heavy (non-hydrogen) atoms. The Kier molecular flexibility index (Phi) is 2.64. The number of aromatic nitrogens is 3. The molecule has 0 saturated carbocycles. The average Bonchev–Trinajstić information content (AvgIpc) is 2.97. The minimum Gasteiger partial charge on any atom is -0.361 e. The van der Waals surface area contributed by atoms with Crippen LogP contribution in [-0.4, -0.2) is 15.2 Å². The van der Waals surface area contributed by atoms with Crippen molar-refractivity contribution in [2.75, 3.05) is 0 Å². The molecule has 0 aliphatic carbocycles. The predicted octanol–water partition coefficient (Wildman–Crippen LogP) is 2.44. The lowest BCUT2D eigenvalue weighted by molar-refractivity contribution is 0.720. The molecule has 4 N–H and O–H groups in total. The van der Waals surface area contributed by atoms with E-state index in [4.69, 9.17) is 5.73 Å². The number of nitrogens with zero attached hydrogens (tertiary/aromatic N) is 1. The zero-order chi connectivity index (χ0) is 12.5. The van der Waals surface area contributed by atoms with Crippen LogP contribution >= 0.6 is 0 Å². The Hall–Kier alpha value is -2.07. The maximum absolute atomic E-state index is 6.25. The van der Waals surface area contributed by atoms with Crippen LogP contribution in [0.3, 0.4) is 0 Å². The molecule has 92 valence electrons. The second kappa shape index (κ2) is 4.31. The van der Waals surface area contributed by atoms with Crippen LogP contribution in [0.15, 0.2) is 36.7 Å². The zero-order valence-electron chi connectivity index (χ0n) is 10.3. The van der Waals surface area contributed by atoms with Crippen LogP contribution in [0.1, 0.15) is 22.9 Å². The van der Waals surface area contributed by atoms with Gasteiger partial charge < -0.3 is 10.7 Å². The van der Waals surface area contributed by atoms with Crippen molar-refractivity contribution in [2.45, 2.75) is 19.4 Å². The Morgan fingerprint density at radius 2 is 2.17 bits per heavy atom. The van der Waals surface area contributed by atoms with Crippen LogP contribution in [0, 0.1) is 6.92 Å². The van der Waals surface area contributed by atoms with E-state index in [2.05, 4.69) is 27.3 Å². The molecule has 0 aliphatic heterocycles. The van der Waals surface area contributed by atoms with E-state index in [-0.39, 0.29) is 6.04 Å². The van der Waals surface area contributed by atoms with Gasteiger partial charge in [-0.25, -0.2) is 0 Å². The van der Waals surface area contributed by atoms with E-state index in [1.54, 1.807) is 0 Å². The molecule has 0 fully saturated rings. The summed E-state index contributed by atoms with van der Waals surface area (Å²) in [5, 5.41) is 8.19. The van der Waals surface area contributed by atoms with E-state index >= 15 is 0 Å². The third kappa shape index (κ3) is 1.80. The number of rotatable bonds is 3. The van der Waals surface area contributed by atoms with Gasteiger partial charge in [-0.15, -0.1) is 0 Å². The van der Waals surface area contributed by atoms with Crippen molar-refractivity contribution in [3.05, 3.63) is 53.5 Å².